The zero-order valence-corrected chi connectivity index (χ0v) is 13.4. The maximum absolute atomic E-state index is 12.6. The van der Waals surface area contributed by atoms with E-state index in [9.17, 15) is 14.9 Å². The van der Waals surface area contributed by atoms with Gasteiger partial charge >= 0.3 is 5.97 Å². The van der Waals surface area contributed by atoms with Crippen LogP contribution in [0.3, 0.4) is 0 Å². The molecule has 0 saturated carbocycles. The zero-order valence-electron chi connectivity index (χ0n) is 13.4. The van der Waals surface area contributed by atoms with Crippen molar-refractivity contribution in [3.05, 3.63) is 70.3 Å². The van der Waals surface area contributed by atoms with Gasteiger partial charge in [-0.2, -0.15) is 5.26 Å². The van der Waals surface area contributed by atoms with Crippen LogP contribution in [0.25, 0.3) is 0 Å². The number of ether oxygens (including phenoxy) is 1. The smallest absolute Gasteiger partial charge is 0.337 e. The highest BCUT2D eigenvalue weighted by Gasteiger charge is 2.36. The van der Waals surface area contributed by atoms with Crippen molar-refractivity contribution >= 4 is 11.9 Å². The minimum Gasteiger partial charge on any atom is -0.465 e. The number of hydrogen-bond donors (Lipinski definition) is 0. The average Bonchev–Trinajstić information content (AvgIpc) is 2.85. The SMILES string of the molecule is COC(=O)c1ccc(CN2C(=O)c3ccc(C)cc3C2C#N)cc1. The first kappa shape index (κ1) is 15.8. The van der Waals surface area contributed by atoms with Crippen molar-refractivity contribution in [1.29, 1.82) is 5.26 Å². The third kappa shape index (κ3) is 2.63. The summed E-state index contributed by atoms with van der Waals surface area (Å²) >= 11 is 0. The third-order valence-corrected chi connectivity index (χ3v) is 4.15. The van der Waals surface area contributed by atoms with Crippen molar-refractivity contribution < 1.29 is 14.3 Å². The lowest BCUT2D eigenvalue weighted by Gasteiger charge is -2.20. The molecule has 0 bridgehead atoms. The molecule has 1 aliphatic heterocycles. The molecule has 0 spiro atoms. The summed E-state index contributed by atoms with van der Waals surface area (Å²) in [5.41, 5.74) is 3.66. The number of methoxy groups -OCH3 is 1. The molecule has 5 heteroatoms. The normalized spacial score (nSPS) is 15.8. The second-order valence-corrected chi connectivity index (χ2v) is 5.74. The van der Waals surface area contributed by atoms with E-state index in [1.165, 1.54) is 7.11 Å². The summed E-state index contributed by atoms with van der Waals surface area (Å²) in [6.45, 7) is 2.25. The molecule has 1 heterocycles. The monoisotopic (exact) mass is 320 g/mol. The van der Waals surface area contributed by atoms with Crippen molar-refractivity contribution in [3.8, 4) is 6.07 Å². The van der Waals surface area contributed by atoms with Gasteiger partial charge in [0.25, 0.3) is 5.91 Å². The second kappa shape index (κ2) is 6.17. The highest BCUT2D eigenvalue weighted by atomic mass is 16.5. The van der Waals surface area contributed by atoms with Gasteiger partial charge in [0.2, 0.25) is 0 Å². The van der Waals surface area contributed by atoms with Gasteiger partial charge < -0.3 is 9.64 Å². The predicted molar refractivity (Wildman–Crippen MR) is 87.2 cm³/mol. The van der Waals surface area contributed by atoms with Crippen LogP contribution >= 0.6 is 0 Å². The minimum atomic E-state index is -0.590. The minimum absolute atomic E-state index is 0.145. The molecule has 2 aromatic rings. The van der Waals surface area contributed by atoms with Crippen LogP contribution in [-0.2, 0) is 11.3 Å². The van der Waals surface area contributed by atoms with Crippen LogP contribution in [0, 0.1) is 18.3 Å². The number of benzene rings is 2. The summed E-state index contributed by atoms with van der Waals surface area (Å²) in [7, 11) is 1.33. The number of carbonyl (C=O) groups is 2. The Kier molecular flexibility index (Phi) is 4.05. The number of aryl methyl sites for hydroxylation is 1. The van der Waals surface area contributed by atoms with Crippen molar-refractivity contribution in [2.45, 2.75) is 19.5 Å². The Bertz CT molecular complexity index is 850. The first-order chi connectivity index (χ1) is 11.5. The second-order valence-electron chi connectivity index (χ2n) is 5.74. The molecule has 1 amide bonds. The van der Waals surface area contributed by atoms with E-state index in [4.69, 9.17) is 0 Å². The van der Waals surface area contributed by atoms with Crippen LogP contribution in [0.1, 0.15) is 43.4 Å². The lowest BCUT2D eigenvalue weighted by molar-refractivity contribution is 0.0600. The summed E-state index contributed by atoms with van der Waals surface area (Å²) in [6, 6.07) is 14.0. The molecule has 0 aliphatic carbocycles. The van der Waals surface area contributed by atoms with Gasteiger partial charge in [0, 0.05) is 17.7 Å². The van der Waals surface area contributed by atoms with Crippen LogP contribution < -0.4 is 0 Å². The largest absolute Gasteiger partial charge is 0.465 e. The maximum Gasteiger partial charge on any atom is 0.337 e. The quantitative estimate of drug-likeness (QED) is 0.815. The summed E-state index contributed by atoms with van der Waals surface area (Å²) < 4.78 is 4.67. The van der Waals surface area contributed by atoms with Gasteiger partial charge in [-0.15, -0.1) is 0 Å². The molecule has 3 rings (SSSR count). The number of carbonyl (C=O) groups excluding carboxylic acids is 2. The third-order valence-electron chi connectivity index (χ3n) is 4.15. The van der Waals surface area contributed by atoms with E-state index >= 15 is 0 Å². The van der Waals surface area contributed by atoms with E-state index in [2.05, 4.69) is 10.8 Å². The Morgan fingerprint density at radius 2 is 1.96 bits per heavy atom. The van der Waals surface area contributed by atoms with E-state index < -0.39 is 12.0 Å². The topological polar surface area (TPSA) is 70.4 Å². The summed E-state index contributed by atoms with van der Waals surface area (Å²) in [6.07, 6.45) is 0. The van der Waals surface area contributed by atoms with Gasteiger partial charge in [-0.1, -0.05) is 29.8 Å². The number of fused-ring (bicyclic) bond motifs is 1. The molecule has 0 N–H and O–H groups in total. The molecule has 0 aromatic heterocycles. The summed E-state index contributed by atoms with van der Waals surface area (Å²) in [5.74, 6) is -0.551. The molecule has 1 aliphatic rings. The number of amides is 1. The Labute approximate surface area is 140 Å². The fourth-order valence-corrected chi connectivity index (χ4v) is 2.91. The molecule has 0 radical (unpaired) electrons. The number of nitrogens with zero attached hydrogens (tertiary/aromatic N) is 2. The molecule has 5 nitrogen and oxygen atoms in total. The van der Waals surface area contributed by atoms with Gasteiger partial charge in [-0.25, -0.2) is 4.79 Å². The molecule has 24 heavy (non-hydrogen) atoms. The summed E-state index contributed by atoms with van der Waals surface area (Å²) in [5, 5.41) is 9.51. The van der Waals surface area contributed by atoms with E-state index in [1.807, 2.05) is 19.1 Å². The molecule has 120 valence electrons. The number of esters is 1. The average molecular weight is 320 g/mol. The number of rotatable bonds is 3. The zero-order chi connectivity index (χ0) is 17.3. The Balaban J connectivity index is 1.87. The maximum atomic E-state index is 12.6. The summed E-state index contributed by atoms with van der Waals surface area (Å²) in [4.78, 5) is 25.6. The van der Waals surface area contributed by atoms with Crippen LogP contribution in [0.2, 0.25) is 0 Å². The lowest BCUT2D eigenvalue weighted by atomic mass is 10.0. The highest BCUT2D eigenvalue weighted by molar-refractivity contribution is 5.99. The van der Waals surface area contributed by atoms with Gasteiger partial charge in [-0.05, 0) is 30.7 Å². The molecule has 0 saturated heterocycles. The van der Waals surface area contributed by atoms with Crippen molar-refractivity contribution in [1.82, 2.24) is 4.90 Å². The van der Waals surface area contributed by atoms with Gasteiger partial charge in [0.1, 0.15) is 6.04 Å². The van der Waals surface area contributed by atoms with Crippen molar-refractivity contribution in [3.63, 3.8) is 0 Å². The number of hydrogen-bond acceptors (Lipinski definition) is 4. The first-order valence-electron chi connectivity index (χ1n) is 7.53. The fraction of sp³-hybridized carbons (Fsp3) is 0.211. The Morgan fingerprint density at radius 1 is 1.25 bits per heavy atom. The first-order valence-corrected chi connectivity index (χ1v) is 7.53. The standard InChI is InChI=1S/C19H16N2O3/c1-12-3-8-15-16(9-12)17(10-20)21(18(15)22)11-13-4-6-14(7-5-13)19(23)24-2/h3-9,17H,11H2,1-2H3. The highest BCUT2D eigenvalue weighted by Crippen LogP contribution is 2.34. The molecular weight excluding hydrogens is 304 g/mol. The molecular formula is C19H16N2O3. The van der Waals surface area contributed by atoms with Crippen molar-refractivity contribution in [2.75, 3.05) is 7.11 Å². The Hall–Kier alpha value is -3.13. The van der Waals surface area contributed by atoms with Crippen LogP contribution in [-0.4, -0.2) is 23.9 Å². The van der Waals surface area contributed by atoms with E-state index in [0.29, 0.717) is 17.7 Å². The van der Waals surface area contributed by atoms with E-state index in [-0.39, 0.29) is 5.91 Å². The Morgan fingerprint density at radius 3 is 2.58 bits per heavy atom. The van der Waals surface area contributed by atoms with E-state index in [0.717, 1.165) is 16.7 Å². The molecule has 1 unspecified atom stereocenters. The number of nitriles is 1. The molecule has 1 atom stereocenters. The molecule has 0 fully saturated rings. The lowest BCUT2D eigenvalue weighted by Crippen LogP contribution is -2.26. The van der Waals surface area contributed by atoms with Crippen LogP contribution in [0.15, 0.2) is 42.5 Å². The van der Waals surface area contributed by atoms with Gasteiger partial charge in [0.15, 0.2) is 0 Å². The predicted octanol–water partition coefficient (Wildman–Crippen LogP) is 3.00. The van der Waals surface area contributed by atoms with Gasteiger partial charge in [-0.3, -0.25) is 4.79 Å². The molecule has 2 aromatic carbocycles. The van der Waals surface area contributed by atoms with Crippen molar-refractivity contribution in [2.24, 2.45) is 0 Å². The van der Waals surface area contributed by atoms with Gasteiger partial charge in [0.05, 0.1) is 18.7 Å². The fourth-order valence-electron chi connectivity index (χ4n) is 2.91. The van der Waals surface area contributed by atoms with E-state index in [1.54, 1.807) is 35.2 Å². The van der Waals surface area contributed by atoms with Crippen LogP contribution in [0.5, 0.6) is 0 Å². The van der Waals surface area contributed by atoms with Crippen LogP contribution in [0.4, 0.5) is 0 Å².